The van der Waals surface area contributed by atoms with Crippen LogP contribution in [0.1, 0.15) is 37.7 Å². The average Bonchev–Trinajstić information content (AvgIpc) is 3.25. The highest BCUT2D eigenvalue weighted by molar-refractivity contribution is 6.05. The van der Waals surface area contributed by atoms with Crippen LogP contribution in [0.15, 0.2) is 24.3 Å². The van der Waals surface area contributed by atoms with Crippen molar-refractivity contribution in [1.29, 1.82) is 0 Å². The number of H-pyrrole nitrogens is 1. The van der Waals surface area contributed by atoms with Gasteiger partial charge in [-0.25, -0.2) is 0 Å². The molecule has 0 bridgehead atoms. The Morgan fingerprint density at radius 1 is 1.14 bits per heavy atom. The summed E-state index contributed by atoms with van der Waals surface area (Å²) in [5, 5.41) is 9.42. The number of hydrogen-bond donors (Lipinski definition) is 2. The van der Waals surface area contributed by atoms with E-state index in [-0.39, 0.29) is 48.5 Å². The van der Waals surface area contributed by atoms with Crippen LogP contribution in [0.25, 0.3) is 11.4 Å². The summed E-state index contributed by atoms with van der Waals surface area (Å²) in [6, 6.07) is 7.78. The van der Waals surface area contributed by atoms with Gasteiger partial charge in [-0.05, 0) is 19.8 Å². The third-order valence-corrected chi connectivity index (χ3v) is 5.56. The van der Waals surface area contributed by atoms with E-state index < -0.39 is 0 Å². The van der Waals surface area contributed by atoms with Crippen molar-refractivity contribution in [3.05, 3.63) is 29.8 Å². The molecule has 146 valence electrons. The monoisotopic (exact) mass is 381 g/mol. The lowest BCUT2D eigenvalue weighted by molar-refractivity contribution is -0.140. The summed E-state index contributed by atoms with van der Waals surface area (Å²) >= 11 is 0. The Balaban J connectivity index is 1.33. The molecule has 8 heteroatoms. The molecule has 2 fully saturated rings. The van der Waals surface area contributed by atoms with Gasteiger partial charge >= 0.3 is 0 Å². The van der Waals surface area contributed by atoms with Gasteiger partial charge < -0.3 is 0 Å². The summed E-state index contributed by atoms with van der Waals surface area (Å²) in [6.45, 7) is 2.10. The Bertz CT molecular complexity index is 881. The van der Waals surface area contributed by atoms with Crippen molar-refractivity contribution in [3.8, 4) is 11.4 Å². The maximum Gasteiger partial charge on any atom is 0.249 e. The minimum absolute atomic E-state index is 0.0331. The number of hydrogen-bond acceptors (Lipinski definition) is 5. The van der Waals surface area contributed by atoms with Gasteiger partial charge in [-0.2, -0.15) is 4.98 Å². The van der Waals surface area contributed by atoms with Gasteiger partial charge in [-0.3, -0.25) is 29.7 Å². The number of carbonyl (C=O) groups excluding carboxylic acids is 3. The van der Waals surface area contributed by atoms with Gasteiger partial charge in [0.25, 0.3) is 0 Å². The van der Waals surface area contributed by atoms with Gasteiger partial charge in [0, 0.05) is 18.5 Å². The van der Waals surface area contributed by atoms with Crippen LogP contribution in [0.3, 0.4) is 0 Å². The van der Waals surface area contributed by atoms with Crippen LogP contribution in [0.4, 0.5) is 5.95 Å². The molecule has 3 amide bonds. The van der Waals surface area contributed by atoms with Gasteiger partial charge in [0.15, 0.2) is 5.82 Å². The van der Waals surface area contributed by atoms with Crippen LogP contribution in [-0.4, -0.2) is 44.3 Å². The van der Waals surface area contributed by atoms with E-state index >= 15 is 0 Å². The first-order valence-electron chi connectivity index (χ1n) is 9.67. The number of amides is 3. The fourth-order valence-electron chi connectivity index (χ4n) is 4.01. The minimum Gasteiger partial charge on any atom is -0.293 e. The highest BCUT2D eigenvalue weighted by atomic mass is 16.2. The first kappa shape index (κ1) is 18.3. The van der Waals surface area contributed by atoms with E-state index in [0.717, 1.165) is 36.8 Å². The fraction of sp³-hybridized carbons (Fsp3) is 0.450. The minimum atomic E-state index is -0.329. The standard InChI is InChI=1S/C20H23N5O3/c1-12-6-8-13(9-7-12)17-22-20(24-23-17)21-16(26)10-11-25-18(27)14-4-2-3-5-15(14)19(25)28/h6-9,14-15H,2-5,10-11H2,1H3,(H2,21,22,23,24,26). The predicted octanol–water partition coefficient (Wildman–Crippen LogP) is 2.28. The second-order valence-corrected chi connectivity index (χ2v) is 7.50. The maximum atomic E-state index is 12.4. The first-order valence-corrected chi connectivity index (χ1v) is 9.67. The van der Waals surface area contributed by atoms with E-state index in [4.69, 9.17) is 0 Å². The van der Waals surface area contributed by atoms with Crippen molar-refractivity contribution in [1.82, 2.24) is 20.1 Å². The molecule has 2 N–H and O–H groups in total. The van der Waals surface area contributed by atoms with Gasteiger partial charge in [-0.1, -0.05) is 42.7 Å². The predicted molar refractivity (Wildman–Crippen MR) is 102 cm³/mol. The van der Waals surface area contributed by atoms with Crippen LogP contribution < -0.4 is 5.32 Å². The molecule has 8 nitrogen and oxygen atoms in total. The number of rotatable bonds is 5. The zero-order valence-electron chi connectivity index (χ0n) is 15.8. The van der Waals surface area contributed by atoms with Gasteiger partial charge in [0.2, 0.25) is 23.7 Å². The topological polar surface area (TPSA) is 108 Å². The van der Waals surface area contributed by atoms with E-state index in [1.807, 2.05) is 31.2 Å². The summed E-state index contributed by atoms with van der Waals surface area (Å²) in [5.41, 5.74) is 2.01. The number of nitrogens with one attached hydrogen (secondary N) is 2. The molecule has 1 aliphatic heterocycles. The van der Waals surface area contributed by atoms with Crippen LogP contribution in [0.5, 0.6) is 0 Å². The van der Waals surface area contributed by atoms with E-state index in [1.54, 1.807) is 0 Å². The number of anilines is 1. The Kier molecular flexibility index (Phi) is 4.93. The Morgan fingerprint density at radius 2 is 1.79 bits per heavy atom. The molecule has 0 radical (unpaired) electrons. The number of benzene rings is 1. The quantitative estimate of drug-likeness (QED) is 0.773. The first-order chi connectivity index (χ1) is 13.5. The number of likely N-dealkylation sites (tertiary alicyclic amines) is 1. The second kappa shape index (κ2) is 7.53. The Hall–Kier alpha value is -3.03. The molecule has 4 rings (SSSR count). The van der Waals surface area contributed by atoms with Gasteiger partial charge in [-0.15, -0.1) is 5.10 Å². The SMILES string of the molecule is Cc1ccc(-c2nc(NC(=O)CCN3C(=O)C4CCCCC4C3=O)n[nH]2)cc1. The number of fused-ring (bicyclic) bond motifs is 1. The maximum absolute atomic E-state index is 12.4. The van der Waals surface area contributed by atoms with E-state index in [0.29, 0.717) is 5.82 Å². The summed E-state index contributed by atoms with van der Waals surface area (Å²) in [6.07, 6.45) is 3.56. The van der Waals surface area contributed by atoms with Crippen molar-refractivity contribution in [3.63, 3.8) is 0 Å². The van der Waals surface area contributed by atoms with E-state index in [1.165, 1.54) is 4.90 Å². The highest BCUT2D eigenvalue weighted by Crippen LogP contribution is 2.37. The molecule has 2 aromatic rings. The molecule has 2 atom stereocenters. The zero-order chi connectivity index (χ0) is 19.7. The number of aryl methyl sites for hydroxylation is 1. The van der Waals surface area contributed by atoms with Crippen LogP contribution in [0, 0.1) is 18.8 Å². The molecule has 28 heavy (non-hydrogen) atoms. The Labute approximate surface area is 162 Å². The summed E-state index contributed by atoms with van der Waals surface area (Å²) in [5.74, 6) is -0.213. The third-order valence-electron chi connectivity index (χ3n) is 5.56. The largest absolute Gasteiger partial charge is 0.293 e. The van der Waals surface area contributed by atoms with Crippen molar-refractivity contribution >= 4 is 23.7 Å². The number of aromatic nitrogens is 3. The molecule has 2 aliphatic rings. The Morgan fingerprint density at radius 3 is 2.43 bits per heavy atom. The number of carbonyl (C=O) groups is 3. The molecule has 1 saturated heterocycles. The summed E-state index contributed by atoms with van der Waals surface area (Å²) in [4.78, 5) is 42.7. The second-order valence-electron chi connectivity index (χ2n) is 7.50. The molecule has 2 heterocycles. The summed E-state index contributed by atoms with van der Waals surface area (Å²) < 4.78 is 0. The van der Waals surface area contributed by atoms with Crippen LogP contribution in [-0.2, 0) is 14.4 Å². The smallest absolute Gasteiger partial charge is 0.249 e. The lowest BCUT2D eigenvalue weighted by Gasteiger charge is -2.19. The van der Waals surface area contributed by atoms with Crippen LogP contribution >= 0.6 is 0 Å². The van der Waals surface area contributed by atoms with E-state index in [2.05, 4.69) is 20.5 Å². The van der Waals surface area contributed by atoms with Crippen molar-refractivity contribution in [2.75, 3.05) is 11.9 Å². The van der Waals surface area contributed by atoms with Crippen molar-refractivity contribution in [2.45, 2.75) is 39.0 Å². The highest BCUT2D eigenvalue weighted by Gasteiger charge is 2.47. The molecule has 0 spiro atoms. The summed E-state index contributed by atoms with van der Waals surface area (Å²) in [7, 11) is 0. The fourth-order valence-corrected chi connectivity index (χ4v) is 4.01. The number of nitrogens with zero attached hydrogens (tertiary/aromatic N) is 3. The van der Waals surface area contributed by atoms with Gasteiger partial charge in [0.1, 0.15) is 0 Å². The van der Waals surface area contributed by atoms with Crippen molar-refractivity contribution in [2.24, 2.45) is 11.8 Å². The molecule has 2 unspecified atom stereocenters. The van der Waals surface area contributed by atoms with E-state index in [9.17, 15) is 14.4 Å². The molecular weight excluding hydrogens is 358 g/mol. The normalized spacial score (nSPS) is 21.7. The number of aromatic amines is 1. The average molecular weight is 381 g/mol. The zero-order valence-corrected chi connectivity index (χ0v) is 15.8. The number of imide groups is 1. The molecular formula is C20H23N5O3. The molecule has 1 aromatic heterocycles. The van der Waals surface area contributed by atoms with Gasteiger partial charge in [0.05, 0.1) is 11.8 Å². The lowest BCUT2D eigenvalue weighted by atomic mass is 9.81. The molecule has 1 aromatic carbocycles. The third kappa shape index (κ3) is 3.54. The van der Waals surface area contributed by atoms with Crippen LogP contribution in [0.2, 0.25) is 0 Å². The van der Waals surface area contributed by atoms with Crippen molar-refractivity contribution < 1.29 is 14.4 Å². The molecule has 1 saturated carbocycles. The lowest BCUT2D eigenvalue weighted by Crippen LogP contribution is -2.34. The molecule has 1 aliphatic carbocycles.